The Morgan fingerprint density at radius 1 is 1.25 bits per heavy atom. The Morgan fingerprint density at radius 3 is 2.41 bits per heavy atom. The molecule has 10 heteroatoms. The van der Waals surface area contributed by atoms with E-state index in [0.29, 0.717) is 10.9 Å². The lowest BCUT2D eigenvalue weighted by molar-refractivity contribution is 0.0287. The fourth-order valence-corrected chi connectivity index (χ4v) is 3.56. The zero-order valence-electron chi connectivity index (χ0n) is 18.4. The standard InChI is InChI=1S/C22H25FN2O6S/c1-22(2,27)12-30-18-10-15-17(11-16(18)25(4)32(5,28)29)31-20(19(15)21(26)24-3)13-6-8-14(23)9-7-13/h6-11,27H,12H2,1-5H3,(H,24,26). The van der Waals surface area contributed by atoms with Crippen molar-refractivity contribution in [3.8, 4) is 17.1 Å². The summed E-state index contributed by atoms with van der Waals surface area (Å²) in [6.45, 7) is 2.97. The van der Waals surface area contributed by atoms with Crippen molar-refractivity contribution in [2.24, 2.45) is 0 Å². The van der Waals surface area contributed by atoms with E-state index in [1.54, 1.807) is 13.8 Å². The molecule has 32 heavy (non-hydrogen) atoms. The molecule has 0 spiro atoms. The number of amides is 1. The number of carbonyl (C=O) groups excluding carboxylic acids is 1. The fourth-order valence-electron chi connectivity index (χ4n) is 3.06. The predicted octanol–water partition coefficient (Wildman–Crippen LogP) is 3.14. The summed E-state index contributed by atoms with van der Waals surface area (Å²) in [4.78, 5) is 12.7. The van der Waals surface area contributed by atoms with E-state index in [1.807, 2.05) is 0 Å². The molecule has 0 aliphatic rings. The minimum absolute atomic E-state index is 0.124. The molecule has 0 aliphatic heterocycles. The Morgan fingerprint density at radius 2 is 1.88 bits per heavy atom. The van der Waals surface area contributed by atoms with E-state index in [1.165, 1.54) is 50.5 Å². The minimum Gasteiger partial charge on any atom is -0.488 e. The number of furan rings is 1. The summed E-state index contributed by atoms with van der Waals surface area (Å²) in [6.07, 6.45) is 1.04. The van der Waals surface area contributed by atoms with Crippen molar-refractivity contribution in [2.75, 3.05) is 31.3 Å². The lowest BCUT2D eigenvalue weighted by atomic mass is 10.0. The maximum atomic E-state index is 13.4. The molecular weight excluding hydrogens is 439 g/mol. The number of halogens is 1. The van der Waals surface area contributed by atoms with Crippen LogP contribution in [-0.4, -0.2) is 52.0 Å². The van der Waals surface area contributed by atoms with E-state index in [-0.39, 0.29) is 35.0 Å². The number of sulfonamides is 1. The number of aliphatic hydroxyl groups is 1. The van der Waals surface area contributed by atoms with Crippen LogP contribution < -0.4 is 14.4 Å². The molecule has 0 aliphatic carbocycles. The molecule has 0 fully saturated rings. The SMILES string of the molecule is CNC(=O)c1c(-c2ccc(F)cc2)oc2cc(N(C)S(C)(=O)=O)c(OCC(C)(C)O)cc12. The van der Waals surface area contributed by atoms with Crippen LogP contribution in [0.3, 0.4) is 0 Å². The topological polar surface area (TPSA) is 109 Å². The fraction of sp³-hybridized carbons (Fsp3) is 0.318. The van der Waals surface area contributed by atoms with Gasteiger partial charge >= 0.3 is 0 Å². The van der Waals surface area contributed by atoms with Crippen LogP contribution in [-0.2, 0) is 10.0 Å². The molecule has 0 saturated carbocycles. The Bertz CT molecular complexity index is 1260. The molecule has 0 unspecified atom stereocenters. The van der Waals surface area contributed by atoms with Crippen LogP contribution in [0.2, 0.25) is 0 Å². The molecule has 3 rings (SSSR count). The van der Waals surface area contributed by atoms with E-state index >= 15 is 0 Å². The highest BCUT2D eigenvalue weighted by atomic mass is 32.2. The maximum Gasteiger partial charge on any atom is 0.255 e. The summed E-state index contributed by atoms with van der Waals surface area (Å²) < 4.78 is 50.5. The van der Waals surface area contributed by atoms with Gasteiger partial charge in [-0.25, -0.2) is 12.8 Å². The molecule has 8 nitrogen and oxygen atoms in total. The van der Waals surface area contributed by atoms with Crippen molar-refractivity contribution in [3.05, 3.63) is 47.8 Å². The van der Waals surface area contributed by atoms with Gasteiger partial charge in [0.05, 0.1) is 23.1 Å². The van der Waals surface area contributed by atoms with Gasteiger partial charge in [-0.05, 0) is 44.2 Å². The number of hydrogen-bond donors (Lipinski definition) is 2. The summed E-state index contributed by atoms with van der Waals surface area (Å²) in [5.74, 6) is -0.539. The van der Waals surface area contributed by atoms with Crippen molar-refractivity contribution in [2.45, 2.75) is 19.4 Å². The molecule has 0 atom stereocenters. The van der Waals surface area contributed by atoms with Crippen molar-refractivity contribution in [1.82, 2.24) is 5.32 Å². The van der Waals surface area contributed by atoms with E-state index in [4.69, 9.17) is 9.15 Å². The molecule has 172 valence electrons. The highest BCUT2D eigenvalue weighted by molar-refractivity contribution is 7.92. The van der Waals surface area contributed by atoms with Crippen LogP contribution in [0.5, 0.6) is 5.75 Å². The van der Waals surface area contributed by atoms with Gasteiger partial charge in [-0.3, -0.25) is 9.10 Å². The van der Waals surface area contributed by atoms with Gasteiger partial charge < -0.3 is 19.6 Å². The predicted molar refractivity (Wildman–Crippen MR) is 120 cm³/mol. The smallest absolute Gasteiger partial charge is 0.255 e. The molecule has 1 heterocycles. The van der Waals surface area contributed by atoms with E-state index in [9.17, 15) is 22.7 Å². The number of nitrogens with one attached hydrogen (secondary N) is 1. The van der Waals surface area contributed by atoms with Crippen molar-refractivity contribution < 1.29 is 31.9 Å². The third-order valence-electron chi connectivity index (χ3n) is 4.75. The van der Waals surface area contributed by atoms with Gasteiger partial charge in [0.15, 0.2) is 0 Å². The van der Waals surface area contributed by atoms with Crippen LogP contribution in [0, 0.1) is 5.82 Å². The summed E-state index contributed by atoms with van der Waals surface area (Å²) in [5.41, 5.74) is -0.111. The highest BCUT2D eigenvalue weighted by Gasteiger charge is 2.26. The number of anilines is 1. The first-order chi connectivity index (χ1) is 14.8. The summed E-state index contributed by atoms with van der Waals surface area (Å²) >= 11 is 0. The van der Waals surface area contributed by atoms with Gasteiger partial charge in [0.1, 0.15) is 29.5 Å². The van der Waals surface area contributed by atoms with Crippen LogP contribution in [0.15, 0.2) is 40.8 Å². The van der Waals surface area contributed by atoms with Crippen molar-refractivity contribution in [1.29, 1.82) is 0 Å². The number of benzene rings is 2. The van der Waals surface area contributed by atoms with Gasteiger partial charge in [-0.1, -0.05) is 0 Å². The molecule has 0 saturated heterocycles. The van der Waals surface area contributed by atoms with Gasteiger partial charge in [0.25, 0.3) is 5.91 Å². The number of ether oxygens (including phenoxy) is 1. The molecule has 1 aromatic heterocycles. The number of fused-ring (bicyclic) bond motifs is 1. The molecule has 2 aromatic carbocycles. The third-order valence-corrected chi connectivity index (χ3v) is 5.94. The van der Waals surface area contributed by atoms with E-state index in [0.717, 1.165) is 10.6 Å². The number of nitrogens with zero attached hydrogens (tertiary/aromatic N) is 1. The van der Waals surface area contributed by atoms with Crippen LogP contribution in [0.25, 0.3) is 22.3 Å². The number of rotatable bonds is 7. The number of hydrogen-bond acceptors (Lipinski definition) is 6. The molecule has 3 aromatic rings. The number of carbonyl (C=O) groups is 1. The quantitative estimate of drug-likeness (QED) is 0.556. The average Bonchev–Trinajstić information content (AvgIpc) is 3.08. The molecule has 0 radical (unpaired) electrons. The first kappa shape index (κ1) is 23.6. The normalized spacial score (nSPS) is 12.1. The second kappa shape index (κ2) is 8.44. The van der Waals surface area contributed by atoms with Gasteiger partial charge in [0, 0.05) is 31.1 Å². The van der Waals surface area contributed by atoms with Crippen molar-refractivity contribution in [3.63, 3.8) is 0 Å². The second-order valence-corrected chi connectivity index (χ2v) is 10.1. The maximum absolute atomic E-state index is 13.4. The summed E-state index contributed by atoms with van der Waals surface area (Å²) in [7, 11) is -0.830. The first-order valence-corrected chi connectivity index (χ1v) is 11.5. The zero-order chi connectivity index (χ0) is 23.8. The third kappa shape index (κ3) is 4.86. The van der Waals surface area contributed by atoms with Gasteiger partial charge in [0.2, 0.25) is 10.0 Å². The largest absolute Gasteiger partial charge is 0.488 e. The lowest BCUT2D eigenvalue weighted by Crippen LogP contribution is -2.29. The second-order valence-electron chi connectivity index (χ2n) is 8.04. The molecule has 2 N–H and O–H groups in total. The average molecular weight is 465 g/mol. The zero-order valence-corrected chi connectivity index (χ0v) is 19.2. The Hall–Kier alpha value is -3.11. The van der Waals surface area contributed by atoms with Crippen molar-refractivity contribution >= 4 is 32.6 Å². The van der Waals surface area contributed by atoms with Crippen LogP contribution in [0.1, 0.15) is 24.2 Å². The van der Waals surface area contributed by atoms with Crippen LogP contribution >= 0.6 is 0 Å². The monoisotopic (exact) mass is 464 g/mol. The Labute approximate surface area is 185 Å². The summed E-state index contributed by atoms with van der Waals surface area (Å²) in [6, 6.07) is 8.41. The summed E-state index contributed by atoms with van der Waals surface area (Å²) in [5, 5.41) is 13.0. The van der Waals surface area contributed by atoms with E-state index < -0.39 is 27.3 Å². The van der Waals surface area contributed by atoms with Crippen LogP contribution in [0.4, 0.5) is 10.1 Å². The molecule has 1 amide bonds. The highest BCUT2D eigenvalue weighted by Crippen LogP contribution is 2.41. The van der Waals surface area contributed by atoms with Gasteiger partial charge in [-0.2, -0.15) is 0 Å². The lowest BCUT2D eigenvalue weighted by Gasteiger charge is -2.23. The van der Waals surface area contributed by atoms with E-state index in [2.05, 4.69) is 5.32 Å². The Kier molecular flexibility index (Phi) is 6.21. The first-order valence-electron chi connectivity index (χ1n) is 9.69. The van der Waals surface area contributed by atoms with Gasteiger partial charge in [-0.15, -0.1) is 0 Å². The molecule has 0 bridgehead atoms. The Balaban J connectivity index is 2.30. The molecular formula is C22H25FN2O6S. The minimum atomic E-state index is -3.65.